The van der Waals surface area contributed by atoms with Crippen LogP contribution in [0.5, 0.6) is 0 Å². The van der Waals surface area contributed by atoms with Crippen molar-refractivity contribution in [1.82, 2.24) is 0 Å². The van der Waals surface area contributed by atoms with Crippen LogP contribution in [0.4, 0.5) is 0 Å². The number of unbranched alkanes of at least 4 members (excludes halogenated alkanes) is 3. The second kappa shape index (κ2) is 9.10. The fourth-order valence-electron chi connectivity index (χ4n) is 2.10. The Morgan fingerprint density at radius 1 is 1.16 bits per heavy atom. The van der Waals surface area contributed by atoms with Gasteiger partial charge in [-0.25, -0.2) is 0 Å². The summed E-state index contributed by atoms with van der Waals surface area (Å²) in [7, 11) is 0. The Morgan fingerprint density at radius 2 is 1.84 bits per heavy atom. The van der Waals surface area contributed by atoms with Gasteiger partial charge < -0.3 is 10.2 Å². The number of carboxylic acids is 1. The van der Waals surface area contributed by atoms with Gasteiger partial charge in [-0.05, 0) is 30.9 Å². The molecule has 1 atom stereocenters. The molecule has 19 heavy (non-hydrogen) atoms. The van der Waals surface area contributed by atoms with Crippen LogP contribution in [0.1, 0.15) is 37.7 Å². The van der Waals surface area contributed by atoms with Crippen molar-refractivity contribution in [3.63, 3.8) is 0 Å². The van der Waals surface area contributed by atoms with Crippen LogP contribution in [0.2, 0.25) is 0 Å². The molecule has 0 saturated carbocycles. The van der Waals surface area contributed by atoms with Crippen molar-refractivity contribution < 1.29 is 15.0 Å². The zero-order chi connectivity index (χ0) is 14.1. The number of carboxylic acid groups (broad SMARTS) is 1. The number of hydrogen-bond acceptors (Lipinski definition) is 2. The van der Waals surface area contributed by atoms with Crippen LogP contribution in [0.15, 0.2) is 28.7 Å². The molecule has 0 radical (unpaired) electrons. The summed E-state index contributed by atoms with van der Waals surface area (Å²) in [4.78, 5) is 11.3. The number of halogens is 1. The van der Waals surface area contributed by atoms with E-state index in [0.717, 1.165) is 35.7 Å². The van der Waals surface area contributed by atoms with Gasteiger partial charge in [-0.2, -0.15) is 0 Å². The van der Waals surface area contributed by atoms with Gasteiger partial charge in [0.05, 0.1) is 5.92 Å². The van der Waals surface area contributed by atoms with Crippen LogP contribution in [0.25, 0.3) is 0 Å². The van der Waals surface area contributed by atoms with Gasteiger partial charge in [0.1, 0.15) is 0 Å². The Morgan fingerprint density at radius 3 is 2.47 bits per heavy atom. The zero-order valence-electron chi connectivity index (χ0n) is 11.0. The molecule has 0 aromatic heterocycles. The molecule has 0 amide bonds. The van der Waals surface area contributed by atoms with E-state index in [1.165, 1.54) is 0 Å². The maximum atomic E-state index is 11.3. The van der Waals surface area contributed by atoms with E-state index in [1.54, 1.807) is 0 Å². The van der Waals surface area contributed by atoms with Gasteiger partial charge in [0.25, 0.3) is 0 Å². The normalized spacial score (nSPS) is 12.3. The number of aliphatic hydroxyl groups excluding tert-OH is 1. The molecule has 0 aliphatic carbocycles. The Bertz CT molecular complexity index is 393. The fraction of sp³-hybridized carbons (Fsp3) is 0.533. The van der Waals surface area contributed by atoms with Crippen molar-refractivity contribution in [2.24, 2.45) is 5.92 Å². The lowest BCUT2D eigenvalue weighted by atomic mass is 9.93. The molecule has 4 heteroatoms. The molecule has 1 unspecified atom stereocenters. The van der Waals surface area contributed by atoms with Crippen molar-refractivity contribution in [3.8, 4) is 0 Å². The van der Waals surface area contributed by atoms with Crippen molar-refractivity contribution in [2.75, 3.05) is 6.61 Å². The molecule has 0 fully saturated rings. The highest BCUT2D eigenvalue weighted by Gasteiger charge is 2.18. The van der Waals surface area contributed by atoms with Gasteiger partial charge in [0.2, 0.25) is 0 Å². The molecule has 0 bridgehead atoms. The predicted molar refractivity (Wildman–Crippen MR) is 79.1 cm³/mol. The van der Waals surface area contributed by atoms with Gasteiger partial charge in [-0.15, -0.1) is 0 Å². The number of carbonyl (C=O) groups is 1. The van der Waals surface area contributed by atoms with E-state index in [0.29, 0.717) is 12.8 Å². The predicted octanol–water partition coefficient (Wildman–Crippen LogP) is 3.64. The third-order valence-corrected chi connectivity index (χ3v) is 4.01. The second-order valence-electron chi connectivity index (χ2n) is 4.76. The van der Waals surface area contributed by atoms with E-state index in [4.69, 9.17) is 5.11 Å². The molecule has 106 valence electrons. The van der Waals surface area contributed by atoms with Crippen LogP contribution in [0.3, 0.4) is 0 Å². The molecule has 2 N–H and O–H groups in total. The topological polar surface area (TPSA) is 57.5 Å². The van der Waals surface area contributed by atoms with E-state index < -0.39 is 5.97 Å². The summed E-state index contributed by atoms with van der Waals surface area (Å²) >= 11 is 3.46. The Kier molecular flexibility index (Phi) is 7.75. The monoisotopic (exact) mass is 328 g/mol. The van der Waals surface area contributed by atoms with Crippen LogP contribution < -0.4 is 0 Å². The summed E-state index contributed by atoms with van der Waals surface area (Å²) < 4.78 is 0.974. The minimum absolute atomic E-state index is 0.222. The molecule has 0 spiro atoms. The Balaban J connectivity index is 2.45. The first-order valence-corrected chi connectivity index (χ1v) is 7.51. The first-order chi connectivity index (χ1) is 9.15. The van der Waals surface area contributed by atoms with Crippen LogP contribution in [0, 0.1) is 5.92 Å². The van der Waals surface area contributed by atoms with E-state index in [-0.39, 0.29) is 12.5 Å². The van der Waals surface area contributed by atoms with Crippen molar-refractivity contribution >= 4 is 21.9 Å². The number of aliphatic carboxylic acids is 1. The summed E-state index contributed by atoms with van der Waals surface area (Å²) in [6, 6.07) is 7.76. The molecule has 3 nitrogen and oxygen atoms in total. The SMILES string of the molecule is O=C(O)C(CCCCCCO)Cc1ccccc1Br. The summed E-state index contributed by atoms with van der Waals surface area (Å²) in [5, 5.41) is 18.0. The molecule has 1 aromatic rings. The standard InChI is InChI=1S/C15H21BrO3/c16-14-9-5-4-7-12(14)11-13(15(18)19)8-3-1-2-6-10-17/h4-5,7,9,13,17H,1-3,6,8,10-11H2,(H,18,19). The van der Waals surface area contributed by atoms with Crippen LogP contribution in [-0.2, 0) is 11.2 Å². The van der Waals surface area contributed by atoms with Crippen LogP contribution in [-0.4, -0.2) is 22.8 Å². The highest BCUT2D eigenvalue weighted by molar-refractivity contribution is 9.10. The average Bonchev–Trinajstić information content (AvgIpc) is 2.39. The molecule has 0 heterocycles. The first-order valence-electron chi connectivity index (χ1n) is 6.72. The average molecular weight is 329 g/mol. The molecule has 1 rings (SSSR count). The summed E-state index contributed by atoms with van der Waals surface area (Å²) in [5.74, 6) is -1.05. The lowest BCUT2D eigenvalue weighted by Gasteiger charge is -2.13. The highest BCUT2D eigenvalue weighted by Crippen LogP contribution is 2.22. The molecule has 0 saturated heterocycles. The molecule has 0 aliphatic rings. The molecule has 0 aliphatic heterocycles. The third-order valence-electron chi connectivity index (χ3n) is 3.23. The first kappa shape index (κ1) is 16.2. The molecular formula is C15H21BrO3. The van der Waals surface area contributed by atoms with Gasteiger partial charge in [-0.1, -0.05) is 53.4 Å². The van der Waals surface area contributed by atoms with Gasteiger partial charge in [0.15, 0.2) is 0 Å². The second-order valence-corrected chi connectivity index (χ2v) is 5.61. The lowest BCUT2D eigenvalue weighted by molar-refractivity contribution is -0.142. The smallest absolute Gasteiger partial charge is 0.306 e. The van der Waals surface area contributed by atoms with Gasteiger partial charge in [0, 0.05) is 11.1 Å². The van der Waals surface area contributed by atoms with Gasteiger partial charge >= 0.3 is 5.97 Å². The van der Waals surface area contributed by atoms with E-state index in [2.05, 4.69) is 15.9 Å². The van der Waals surface area contributed by atoms with Crippen molar-refractivity contribution in [3.05, 3.63) is 34.3 Å². The zero-order valence-corrected chi connectivity index (χ0v) is 12.6. The Labute approximate surface area is 122 Å². The minimum Gasteiger partial charge on any atom is -0.481 e. The largest absolute Gasteiger partial charge is 0.481 e. The third kappa shape index (κ3) is 6.21. The maximum absolute atomic E-state index is 11.3. The van der Waals surface area contributed by atoms with E-state index in [1.807, 2.05) is 24.3 Å². The molecular weight excluding hydrogens is 308 g/mol. The van der Waals surface area contributed by atoms with Gasteiger partial charge in [-0.3, -0.25) is 4.79 Å². The Hall–Kier alpha value is -0.870. The molecule has 1 aromatic carbocycles. The van der Waals surface area contributed by atoms with E-state index in [9.17, 15) is 9.90 Å². The number of benzene rings is 1. The maximum Gasteiger partial charge on any atom is 0.306 e. The highest BCUT2D eigenvalue weighted by atomic mass is 79.9. The minimum atomic E-state index is -0.724. The fourth-order valence-corrected chi connectivity index (χ4v) is 2.54. The van der Waals surface area contributed by atoms with Crippen molar-refractivity contribution in [2.45, 2.75) is 38.5 Å². The summed E-state index contributed by atoms with van der Waals surface area (Å²) in [6.07, 6.45) is 4.93. The number of hydrogen-bond donors (Lipinski definition) is 2. The van der Waals surface area contributed by atoms with Crippen molar-refractivity contribution in [1.29, 1.82) is 0 Å². The number of rotatable bonds is 9. The number of aliphatic hydroxyl groups is 1. The lowest BCUT2D eigenvalue weighted by Crippen LogP contribution is -2.16. The summed E-state index contributed by atoms with van der Waals surface area (Å²) in [6.45, 7) is 0.222. The summed E-state index contributed by atoms with van der Waals surface area (Å²) in [5.41, 5.74) is 1.05. The quantitative estimate of drug-likeness (QED) is 0.680. The van der Waals surface area contributed by atoms with Crippen LogP contribution >= 0.6 is 15.9 Å². The van der Waals surface area contributed by atoms with E-state index >= 15 is 0 Å².